The minimum Gasteiger partial charge on any atom is -0.377 e. The lowest BCUT2D eigenvalue weighted by Gasteiger charge is -2.48. The van der Waals surface area contributed by atoms with E-state index in [-0.39, 0.29) is 36.0 Å². The second-order valence-electron chi connectivity index (χ2n) is 6.85. The maximum atomic E-state index is 6.34. The fourth-order valence-electron chi connectivity index (χ4n) is 3.69. The number of rotatable bonds is 4. The summed E-state index contributed by atoms with van der Waals surface area (Å²) < 4.78 is 24.4. The molecule has 0 aliphatic carbocycles. The van der Waals surface area contributed by atoms with Gasteiger partial charge in [-0.25, -0.2) is 0 Å². The summed E-state index contributed by atoms with van der Waals surface area (Å²) >= 11 is 7.75. The number of halogens is 1. The normalized spacial score (nSPS) is 33.4. The standard InChI is InChI=1S/C21H23ClO4S/c1-13-18-17(12-24-20(26-18)14-7-4-3-5-8-14)25-21(19(13)23-2)27-16-10-6-9-15(22)11-16/h3-11,13,17-21H,12H2,1-2H3/t13?,17?,18-,19?,20?,21-/m1/s1. The zero-order valence-electron chi connectivity index (χ0n) is 15.3. The average molecular weight is 407 g/mol. The predicted octanol–water partition coefficient (Wildman–Crippen LogP) is 4.92. The van der Waals surface area contributed by atoms with Crippen LogP contribution in [0, 0.1) is 5.92 Å². The highest BCUT2D eigenvalue weighted by Gasteiger charge is 2.48. The van der Waals surface area contributed by atoms with E-state index in [2.05, 4.69) is 6.92 Å². The van der Waals surface area contributed by atoms with Crippen LogP contribution in [-0.2, 0) is 18.9 Å². The number of benzene rings is 2. The minimum atomic E-state index is -0.367. The first kappa shape index (κ1) is 19.2. The molecule has 6 heteroatoms. The first-order valence-corrected chi connectivity index (χ1v) is 10.3. The Balaban J connectivity index is 1.49. The first-order chi connectivity index (χ1) is 13.2. The van der Waals surface area contributed by atoms with E-state index < -0.39 is 0 Å². The van der Waals surface area contributed by atoms with E-state index in [4.69, 9.17) is 30.5 Å². The van der Waals surface area contributed by atoms with Crippen molar-refractivity contribution in [2.24, 2.45) is 5.92 Å². The van der Waals surface area contributed by atoms with Crippen LogP contribution in [0.15, 0.2) is 59.5 Å². The van der Waals surface area contributed by atoms with Gasteiger partial charge in [-0.05, 0) is 18.2 Å². The van der Waals surface area contributed by atoms with Crippen LogP contribution in [0.3, 0.4) is 0 Å². The Bertz CT molecular complexity index is 759. The van der Waals surface area contributed by atoms with Crippen molar-refractivity contribution in [3.05, 3.63) is 65.2 Å². The van der Waals surface area contributed by atoms with Crippen LogP contribution in [0.25, 0.3) is 0 Å². The highest BCUT2D eigenvalue weighted by atomic mass is 35.5. The lowest BCUT2D eigenvalue weighted by Crippen LogP contribution is -2.57. The van der Waals surface area contributed by atoms with Crippen molar-refractivity contribution >= 4 is 23.4 Å². The summed E-state index contributed by atoms with van der Waals surface area (Å²) in [7, 11) is 1.73. The minimum absolute atomic E-state index is 0.0786. The van der Waals surface area contributed by atoms with Gasteiger partial charge >= 0.3 is 0 Å². The molecule has 2 aromatic carbocycles. The van der Waals surface area contributed by atoms with Gasteiger partial charge in [0.2, 0.25) is 0 Å². The van der Waals surface area contributed by atoms with Crippen LogP contribution < -0.4 is 0 Å². The van der Waals surface area contributed by atoms with Crippen LogP contribution in [0.4, 0.5) is 0 Å². The quantitative estimate of drug-likeness (QED) is 0.720. The molecule has 2 aliphatic rings. The topological polar surface area (TPSA) is 36.9 Å². The van der Waals surface area contributed by atoms with Gasteiger partial charge in [0.1, 0.15) is 11.5 Å². The number of hydrogen-bond acceptors (Lipinski definition) is 5. The van der Waals surface area contributed by atoms with Crippen molar-refractivity contribution in [1.82, 2.24) is 0 Å². The summed E-state index contributed by atoms with van der Waals surface area (Å²) in [6, 6.07) is 17.8. The third kappa shape index (κ3) is 4.19. The Labute approximate surface area is 169 Å². The van der Waals surface area contributed by atoms with Gasteiger partial charge < -0.3 is 18.9 Å². The van der Waals surface area contributed by atoms with Crippen LogP contribution in [0.2, 0.25) is 5.02 Å². The monoisotopic (exact) mass is 406 g/mol. The molecule has 0 N–H and O–H groups in total. The Hall–Kier alpha value is -1.08. The summed E-state index contributed by atoms with van der Waals surface area (Å²) in [5.74, 6) is 0.167. The Morgan fingerprint density at radius 2 is 1.89 bits per heavy atom. The van der Waals surface area contributed by atoms with Crippen molar-refractivity contribution in [2.45, 2.75) is 41.9 Å². The molecular formula is C21H23ClO4S. The molecule has 2 aliphatic heterocycles. The van der Waals surface area contributed by atoms with Gasteiger partial charge in [-0.3, -0.25) is 0 Å². The maximum Gasteiger partial charge on any atom is 0.184 e. The number of fused-ring (bicyclic) bond motifs is 1. The first-order valence-electron chi connectivity index (χ1n) is 9.08. The summed E-state index contributed by atoms with van der Waals surface area (Å²) in [6.07, 6.45) is -0.661. The van der Waals surface area contributed by atoms with Crippen LogP contribution in [-0.4, -0.2) is 37.5 Å². The second-order valence-corrected chi connectivity index (χ2v) is 8.46. The summed E-state index contributed by atoms with van der Waals surface area (Å²) in [5, 5.41) is 0.714. The fourth-order valence-corrected chi connectivity index (χ4v) is 5.26. The zero-order chi connectivity index (χ0) is 18.8. The highest BCUT2D eigenvalue weighted by Crippen LogP contribution is 2.42. The SMILES string of the molecule is COC1C(C)[C@H]2OC(c3ccccc3)OCC2O[C@@H]1Sc1cccc(Cl)c1. The molecular weight excluding hydrogens is 384 g/mol. The van der Waals surface area contributed by atoms with Gasteiger partial charge in [-0.2, -0.15) is 0 Å². The van der Waals surface area contributed by atoms with Crippen molar-refractivity contribution in [1.29, 1.82) is 0 Å². The van der Waals surface area contributed by atoms with Gasteiger partial charge in [0.25, 0.3) is 0 Å². The van der Waals surface area contributed by atoms with E-state index in [0.29, 0.717) is 11.6 Å². The molecule has 0 radical (unpaired) electrons. The third-order valence-corrected chi connectivity index (χ3v) is 6.44. The molecule has 4 unspecified atom stereocenters. The maximum absolute atomic E-state index is 6.34. The molecule has 0 aromatic heterocycles. The van der Waals surface area contributed by atoms with E-state index in [1.54, 1.807) is 18.9 Å². The average Bonchev–Trinajstić information content (AvgIpc) is 2.69. The molecule has 2 fully saturated rings. The van der Waals surface area contributed by atoms with E-state index in [1.165, 1.54) is 0 Å². The van der Waals surface area contributed by atoms with E-state index >= 15 is 0 Å². The van der Waals surface area contributed by atoms with Crippen molar-refractivity contribution in [3.63, 3.8) is 0 Å². The molecule has 2 saturated heterocycles. The largest absolute Gasteiger partial charge is 0.377 e. The van der Waals surface area contributed by atoms with E-state index in [0.717, 1.165) is 10.5 Å². The van der Waals surface area contributed by atoms with Crippen molar-refractivity contribution < 1.29 is 18.9 Å². The summed E-state index contributed by atoms with van der Waals surface area (Å²) in [5.41, 5.74) is 0.873. The van der Waals surface area contributed by atoms with Gasteiger partial charge in [-0.1, -0.05) is 66.7 Å². The fraction of sp³-hybridized carbons (Fsp3) is 0.429. The molecule has 6 atom stereocenters. The third-order valence-electron chi connectivity index (χ3n) is 5.06. The zero-order valence-corrected chi connectivity index (χ0v) is 16.9. The van der Waals surface area contributed by atoms with E-state index in [1.807, 2.05) is 54.6 Å². The molecule has 0 bridgehead atoms. The van der Waals surface area contributed by atoms with Crippen molar-refractivity contribution in [2.75, 3.05) is 13.7 Å². The molecule has 4 nitrogen and oxygen atoms in total. The number of hydrogen-bond donors (Lipinski definition) is 0. The van der Waals surface area contributed by atoms with Gasteiger partial charge in [0.05, 0.1) is 18.8 Å². The summed E-state index contributed by atoms with van der Waals surface area (Å²) in [4.78, 5) is 1.06. The molecule has 4 rings (SSSR count). The molecule has 0 saturated carbocycles. The molecule has 2 heterocycles. The predicted molar refractivity (Wildman–Crippen MR) is 106 cm³/mol. The number of thioether (sulfide) groups is 1. The molecule has 0 amide bonds. The molecule has 2 aromatic rings. The van der Waals surface area contributed by atoms with Crippen LogP contribution >= 0.6 is 23.4 Å². The molecule has 144 valence electrons. The second kappa shape index (κ2) is 8.52. The number of methoxy groups -OCH3 is 1. The molecule has 27 heavy (non-hydrogen) atoms. The van der Waals surface area contributed by atoms with Gasteiger partial charge in [0, 0.05) is 28.5 Å². The van der Waals surface area contributed by atoms with Crippen LogP contribution in [0.1, 0.15) is 18.8 Å². The van der Waals surface area contributed by atoms with Gasteiger partial charge in [-0.15, -0.1) is 0 Å². The highest BCUT2D eigenvalue weighted by molar-refractivity contribution is 7.99. The lowest BCUT2D eigenvalue weighted by molar-refractivity contribution is -0.309. The smallest absolute Gasteiger partial charge is 0.184 e. The van der Waals surface area contributed by atoms with E-state index in [9.17, 15) is 0 Å². The Morgan fingerprint density at radius 1 is 1.07 bits per heavy atom. The van der Waals surface area contributed by atoms with Gasteiger partial charge in [0.15, 0.2) is 6.29 Å². The Kier molecular flexibility index (Phi) is 6.07. The van der Waals surface area contributed by atoms with Crippen LogP contribution in [0.5, 0.6) is 0 Å². The van der Waals surface area contributed by atoms with Crippen molar-refractivity contribution in [3.8, 4) is 0 Å². The Morgan fingerprint density at radius 3 is 2.63 bits per heavy atom. The lowest BCUT2D eigenvalue weighted by atomic mass is 9.90. The summed E-state index contributed by atoms with van der Waals surface area (Å²) in [6.45, 7) is 2.66. The number of ether oxygens (including phenoxy) is 4. The molecule has 0 spiro atoms.